The zero-order valence-electron chi connectivity index (χ0n) is 14.5. The summed E-state index contributed by atoms with van der Waals surface area (Å²) in [4.78, 5) is 15.9. The number of aryl methyl sites for hydroxylation is 2. The van der Waals surface area contributed by atoms with Gasteiger partial charge in [-0.25, -0.2) is 9.78 Å². The normalized spacial score (nSPS) is 10.7. The second-order valence-electron chi connectivity index (χ2n) is 5.61. The maximum Gasteiger partial charge on any atom is 0.411 e. The SMILES string of the molecule is CCc1nc2cccc(COc3ccc(NC(=O)OC)c(C)c3)c2s1. The van der Waals surface area contributed by atoms with Crippen LogP contribution >= 0.6 is 11.3 Å². The Kier molecular flexibility index (Phi) is 5.19. The second kappa shape index (κ2) is 7.53. The average molecular weight is 356 g/mol. The third kappa shape index (κ3) is 3.91. The maximum absolute atomic E-state index is 11.3. The van der Waals surface area contributed by atoms with Crippen LogP contribution in [-0.2, 0) is 17.8 Å². The molecule has 0 saturated heterocycles. The molecular formula is C19H20N2O3S. The highest BCUT2D eigenvalue weighted by Gasteiger charge is 2.09. The average Bonchev–Trinajstić information content (AvgIpc) is 3.05. The van der Waals surface area contributed by atoms with E-state index in [1.807, 2.05) is 37.3 Å². The zero-order chi connectivity index (χ0) is 17.8. The number of fused-ring (bicyclic) bond motifs is 1. The van der Waals surface area contributed by atoms with Crippen LogP contribution in [0.5, 0.6) is 5.75 Å². The minimum Gasteiger partial charge on any atom is -0.489 e. The first-order chi connectivity index (χ1) is 12.1. The van der Waals surface area contributed by atoms with Crippen molar-refractivity contribution < 1.29 is 14.3 Å². The van der Waals surface area contributed by atoms with Crippen LogP contribution in [-0.4, -0.2) is 18.2 Å². The molecule has 0 radical (unpaired) electrons. The number of aromatic nitrogens is 1. The standard InChI is InChI=1S/C19H20N2O3S/c1-4-17-20-16-7-5-6-13(18(16)25-17)11-24-14-8-9-15(12(2)10-14)21-19(22)23-3/h5-10H,4,11H2,1-3H3,(H,21,22). The molecule has 2 aromatic carbocycles. The molecule has 1 amide bonds. The number of ether oxygens (including phenoxy) is 2. The Balaban J connectivity index is 1.74. The van der Waals surface area contributed by atoms with Crippen molar-refractivity contribution >= 4 is 33.3 Å². The lowest BCUT2D eigenvalue weighted by molar-refractivity contribution is 0.187. The summed E-state index contributed by atoms with van der Waals surface area (Å²) < 4.78 is 11.7. The Bertz CT molecular complexity index is 905. The molecule has 1 heterocycles. The Labute approximate surface area is 150 Å². The van der Waals surface area contributed by atoms with Crippen LogP contribution in [0.25, 0.3) is 10.2 Å². The number of amides is 1. The number of hydrogen-bond donors (Lipinski definition) is 1. The number of benzene rings is 2. The van der Waals surface area contributed by atoms with Crippen molar-refractivity contribution in [3.05, 3.63) is 52.5 Å². The van der Waals surface area contributed by atoms with Gasteiger partial charge >= 0.3 is 6.09 Å². The van der Waals surface area contributed by atoms with Crippen LogP contribution in [0.1, 0.15) is 23.1 Å². The molecule has 0 aliphatic rings. The second-order valence-corrected chi connectivity index (χ2v) is 6.69. The lowest BCUT2D eigenvalue weighted by Crippen LogP contribution is -2.11. The summed E-state index contributed by atoms with van der Waals surface area (Å²) in [6.07, 6.45) is 0.452. The molecule has 0 spiro atoms. The van der Waals surface area contributed by atoms with Gasteiger partial charge < -0.3 is 9.47 Å². The van der Waals surface area contributed by atoms with E-state index < -0.39 is 6.09 Å². The topological polar surface area (TPSA) is 60.5 Å². The van der Waals surface area contributed by atoms with E-state index in [0.29, 0.717) is 12.3 Å². The summed E-state index contributed by atoms with van der Waals surface area (Å²) in [7, 11) is 1.34. The van der Waals surface area contributed by atoms with Crippen LogP contribution in [0.3, 0.4) is 0 Å². The van der Waals surface area contributed by atoms with Crippen molar-refractivity contribution in [2.24, 2.45) is 0 Å². The number of nitrogens with one attached hydrogen (secondary N) is 1. The Morgan fingerprint density at radius 2 is 2.12 bits per heavy atom. The maximum atomic E-state index is 11.3. The van der Waals surface area contributed by atoms with Gasteiger partial charge in [-0.05, 0) is 43.2 Å². The molecule has 25 heavy (non-hydrogen) atoms. The van der Waals surface area contributed by atoms with Gasteiger partial charge in [0, 0.05) is 11.3 Å². The molecule has 1 N–H and O–H groups in total. The molecule has 0 saturated carbocycles. The number of hydrogen-bond acceptors (Lipinski definition) is 5. The van der Waals surface area contributed by atoms with E-state index in [-0.39, 0.29) is 0 Å². The Morgan fingerprint density at radius 3 is 2.84 bits per heavy atom. The predicted octanol–water partition coefficient (Wildman–Crippen LogP) is 4.92. The fourth-order valence-electron chi connectivity index (χ4n) is 2.51. The summed E-state index contributed by atoms with van der Waals surface area (Å²) >= 11 is 1.72. The minimum atomic E-state index is -0.486. The van der Waals surface area contributed by atoms with E-state index in [1.54, 1.807) is 11.3 Å². The van der Waals surface area contributed by atoms with Gasteiger partial charge in [-0.1, -0.05) is 19.1 Å². The summed E-state index contributed by atoms with van der Waals surface area (Å²) in [5.74, 6) is 0.755. The molecule has 130 valence electrons. The van der Waals surface area contributed by atoms with Crippen molar-refractivity contribution in [2.45, 2.75) is 26.9 Å². The highest BCUT2D eigenvalue weighted by molar-refractivity contribution is 7.18. The van der Waals surface area contributed by atoms with Gasteiger partial charge in [0.25, 0.3) is 0 Å². The van der Waals surface area contributed by atoms with Crippen LogP contribution in [0.2, 0.25) is 0 Å². The number of carbonyl (C=O) groups excluding carboxylic acids is 1. The van der Waals surface area contributed by atoms with Gasteiger partial charge in [0.05, 0.1) is 22.3 Å². The third-order valence-electron chi connectivity index (χ3n) is 3.86. The van der Waals surface area contributed by atoms with E-state index in [0.717, 1.165) is 33.8 Å². The fraction of sp³-hybridized carbons (Fsp3) is 0.263. The molecule has 3 rings (SSSR count). The zero-order valence-corrected chi connectivity index (χ0v) is 15.3. The lowest BCUT2D eigenvalue weighted by atomic mass is 10.2. The molecule has 0 aliphatic heterocycles. The highest BCUT2D eigenvalue weighted by atomic mass is 32.1. The lowest BCUT2D eigenvalue weighted by Gasteiger charge is -2.11. The number of thiazole rings is 1. The van der Waals surface area contributed by atoms with Crippen LogP contribution in [0, 0.1) is 6.92 Å². The van der Waals surface area contributed by atoms with Crippen molar-refractivity contribution in [2.75, 3.05) is 12.4 Å². The van der Waals surface area contributed by atoms with Crippen LogP contribution in [0.15, 0.2) is 36.4 Å². The Morgan fingerprint density at radius 1 is 1.28 bits per heavy atom. The van der Waals surface area contributed by atoms with Gasteiger partial charge in [0.15, 0.2) is 0 Å². The summed E-state index contributed by atoms with van der Waals surface area (Å²) in [5.41, 5.74) is 3.77. The van der Waals surface area contributed by atoms with Crippen LogP contribution in [0.4, 0.5) is 10.5 Å². The number of nitrogens with zero attached hydrogens (tertiary/aromatic N) is 1. The smallest absolute Gasteiger partial charge is 0.411 e. The summed E-state index contributed by atoms with van der Waals surface area (Å²) in [5, 5.41) is 3.81. The molecule has 6 heteroatoms. The quantitative estimate of drug-likeness (QED) is 0.704. The summed E-state index contributed by atoms with van der Waals surface area (Å²) in [6.45, 7) is 4.50. The van der Waals surface area contributed by atoms with E-state index in [9.17, 15) is 4.79 Å². The van der Waals surface area contributed by atoms with Gasteiger partial charge in [0.1, 0.15) is 12.4 Å². The Hall–Kier alpha value is -2.60. The van der Waals surface area contributed by atoms with Crippen molar-refractivity contribution in [1.29, 1.82) is 0 Å². The summed E-state index contributed by atoms with van der Waals surface area (Å²) in [6, 6.07) is 11.7. The first-order valence-corrected chi connectivity index (χ1v) is 8.88. The highest BCUT2D eigenvalue weighted by Crippen LogP contribution is 2.28. The molecule has 3 aromatic rings. The van der Waals surface area contributed by atoms with Crippen LogP contribution < -0.4 is 10.1 Å². The third-order valence-corrected chi connectivity index (χ3v) is 5.15. The molecule has 0 fully saturated rings. The van der Waals surface area contributed by atoms with Gasteiger partial charge in [0.2, 0.25) is 0 Å². The van der Waals surface area contributed by atoms with E-state index in [4.69, 9.17) is 4.74 Å². The first kappa shape index (κ1) is 17.2. The monoisotopic (exact) mass is 356 g/mol. The van der Waals surface area contributed by atoms with Crippen molar-refractivity contribution in [3.63, 3.8) is 0 Å². The number of anilines is 1. The van der Waals surface area contributed by atoms with E-state index >= 15 is 0 Å². The van der Waals surface area contributed by atoms with E-state index in [1.165, 1.54) is 11.8 Å². The minimum absolute atomic E-state index is 0.478. The molecule has 0 aliphatic carbocycles. The first-order valence-electron chi connectivity index (χ1n) is 8.06. The number of carbonyl (C=O) groups is 1. The molecule has 0 atom stereocenters. The van der Waals surface area contributed by atoms with Crippen molar-refractivity contribution in [3.8, 4) is 5.75 Å². The molecule has 5 nitrogen and oxygen atoms in total. The molecule has 0 unspecified atom stereocenters. The fourth-order valence-corrected chi connectivity index (χ4v) is 3.51. The van der Waals surface area contributed by atoms with Gasteiger partial charge in [-0.15, -0.1) is 11.3 Å². The molecule has 1 aromatic heterocycles. The number of methoxy groups -OCH3 is 1. The van der Waals surface area contributed by atoms with E-state index in [2.05, 4.69) is 28.0 Å². The van der Waals surface area contributed by atoms with Gasteiger partial charge in [-0.2, -0.15) is 0 Å². The van der Waals surface area contributed by atoms with Gasteiger partial charge in [-0.3, -0.25) is 5.32 Å². The predicted molar refractivity (Wildman–Crippen MR) is 101 cm³/mol. The molecular weight excluding hydrogens is 336 g/mol. The largest absolute Gasteiger partial charge is 0.489 e. The number of rotatable bonds is 5. The molecule has 0 bridgehead atoms. The van der Waals surface area contributed by atoms with Crippen molar-refractivity contribution in [1.82, 2.24) is 4.98 Å².